The van der Waals surface area contributed by atoms with Crippen molar-refractivity contribution in [1.29, 1.82) is 0 Å². The zero-order chi connectivity index (χ0) is 14.6. The number of carbonyl (C=O) groups is 2. The van der Waals surface area contributed by atoms with Gasteiger partial charge in [0.2, 0.25) is 5.91 Å². The molecule has 1 rings (SSSR count). The molecule has 1 amide bonds. The standard InChI is InChI=1S/C13H24N2O4/c1-8(2)3-9(6-14)4-12(17)15-7-10(16)5-11(15)13(18)19/h8-11,16H,3-7,14H2,1-2H3,(H,18,19)/t9?,10-,11+/m1/s1. The highest BCUT2D eigenvalue weighted by molar-refractivity contribution is 5.84. The van der Waals surface area contributed by atoms with Crippen LogP contribution in [-0.4, -0.2) is 52.2 Å². The molecule has 0 aromatic carbocycles. The summed E-state index contributed by atoms with van der Waals surface area (Å²) in [4.78, 5) is 24.5. The number of carboxylic acids is 1. The lowest BCUT2D eigenvalue weighted by Crippen LogP contribution is -2.41. The van der Waals surface area contributed by atoms with E-state index in [0.29, 0.717) is 12.5 Å². The molecule has 6 nitrogen and oxygen atoms in total. The van der Waals surface area contributed by atoms with E-state index in [1.807, 2.05) is 0 Å². The number of carbonyl (C=O) groups excluding carboxylic acids is 1. The van der Waals surface area contributed by atoms with E-state index in [4.69, 9.17) is 10.8 Å². The summed E-state index contributed by atoms with van der Waals surface area (Å²) in [7, 11) is 0. The summed E-state index contributed by atoms with van der Waals surface area (Å²) in [5, 5.41) is 18.6. The average molecular weight is 272 g/mol. The van der Waals surface area contributed by atoms with Crippen LogP contribution in [0, 0.1) is 11.8 Å². The van der Waals surface area contributed by atoms with Crippen LogP contribution in [0.15, 0.2) is 0 Å². The highest BCUT2D eigenvalue weighted by atomic mass is 16.4. The minimum absolute atomic E-state index is 0.0692. The van der Waals surface area contributed by atoms with Gasteiger partial charge in [-0.05, 0) is 24.8 Å². The second-order valence-corrected chi connectivity index (χ2v) is 5.73. The average Bonchev–Trinajstić information content (AvgIpc) is 2.70. The number of hydrogen-bond donors (Lipinski definition) is 3. The van der Waals surface area contributed by atoms with Crippen LogP contribution in [0.1, 0.15) is 33.1 Å². The maximum atomic E-state index is 12.2. The van der Waals surface area contributed by atoms with E-state index in [0.717, 1.165) is 6.42 Å². The number of likely N-dealkylation sites (tertiary alicyclic amines) is 1. The molecule has 1 heterocycles. The SMILES string of the molecule is CC(C)CC(CN)CC(=O)N1C[C@H](O)C[C@H]1C(=O)O. The Morgan fingerprint density at radius 1 is 1.42 bits per heavy atom. The normalized spacial score (nSPS) is 24.8. The fraction of sp³-hybridized carbons (Fsp3) is 0.846. The number of nitrogens with zero attached hydrogens (tertiary/aromatic N) is 1. The molecule has 0 aromatic heterocycles. The van der Waals surface area contributed by atoms with Gasteiger partial charge >= 0.3 is 5.97 Å². The molecule has 1 unspecified atom stereocenters. The van der Waals surface area contributed by atoms with Gasteiger partial charge in [-0.1, -0.05) is 13.8 Å². The van der Waals surface area contributed by atoms with Crippen molar-refractivity contribution in [2.45, 2.75) is 45.3 Å². The van der Waals surface area contributed by atoms with Gasteiger partial charge in [-0.3, -0.25) is 4.79 Å². The number of hydrogen-bond acceptors (Lipinski definition) is 4. The lowest BCUT2D eigenvalue weighted by molar-refractivity contribution is -0.148. The largest absolute Gasteiger partial charge is 0.480 e. The van der Waals surface area contributed by atoms with Gasteiger partial charge in [0, 0.05) is 19.4 Å². The predicted molar refractivity (Wildman–Crippen MR) is 70.4 cm³/mol. The molecule has 0 aromatic rings. The van der Waals surface area contributed by atoms with E-state index in [1.165, 1.54) is 4.90 Å². The van der Waals surface area contributed by atoms with Crippen molar-refractivity contribution in [3.63, 3.8) is 0 Å². The summed E-state index contributed by atoms with van der Waals surface area (Å²) in [5.41, 5.74) is 5.65. The third-order valence-corrected chi connectivity index (χ3v) is 3.49. The topological polar surface area (TPSA) is 104 Å². The van der Waals surface area contributed by atoms with Crippen LogP contribution in [0.5, 0.6) is 0 Å². The van der Waals surface area contributed by atoms with E-state index >= 15 is 0 Å². The zero-order valence-electron chi connectivity index (χ0n) is 11.6. The van der Waals surface area contributed by atoms with Crippen LogP contribution in [0.25, 0.3) is 0 Å². The molecule has 1 saturated heterocycles. The highest BCUT2D eigenvalue weighted by Gasteiger charge is 2.39. The fourth-order valence-corrected chi connectivity index (χ4v) is 2.62. The maximum Gasteiger partial charge on any atom is 0.326 e. The Morgan fingerprint density at radius 2 is 2.05 bits per heavy atom. The van der Waals surface area contributed by atoms with E-state index < -0.39 is 18.1 Å². The van der Waals surface area contributed by atoms with Crippen molar-refractivity contribution in [1.82, 2.24) is 4.90 Å². The van der Waals surface area contributed by atoms with E-state index in [2.05, 4.69) is 13.8 Å². The van der Waals surface area contributed by atoms with Gasteiger partial charge in [0.05, 0.1) is 6.10 Å². The van der Waals surface area contributed by atoms with Crippen LogP contribution >= 0.6 is 0 Å². The summed E-state index contributed by atoms with van der Waals surface area (Å²) in [6.07, 6.45) is 0.464. The van der Waals surface area contributed by atoms with Crippen molar-refractivity contribution >= 4 is 11.9 Å². The van der Waals surface area contributed by atoms with Gasteiger partial charge < -0.3 is 20.8 Å². The lowest BCUT2D eigenvalue weighted by Gasteiger charge is -2.24. The summed E-state index contributed by atoms with van der Waals surface area (Å²) >= 11 is 0. The minimum Gasteiger partial charge on any atom is -0.480 e. The Labute approximate surface area is 113 Å². The van der Waals surface area contributed by atoms with Gasteiger partial charge in [-0.2, -0.15) is 0 Å². The monoisotopic (exact) mass is 272 g/mol. The molecule has 0 radical (unpaired) electrons. The zero-order valence-corrected chi connectivity index (χ0v) is 11.6. The third-order valence-electron chi connectivity index (χ3n) is 3.49. The van der Waals surface area contributed by atoms with Crippen LogP contribution in [0.4, 0.5) is 0 Å². The van der Waals surface area contributed by atoms with Crippen molar-refractivity contribution in [2.75, 3.05) is 13.1 Å². The second-order valence-electron chi connectivity index (χ2n) is 5.73. The minimum atomic E-state index is -1.06. The van der Waals surface area contributed by atoms with Crippen molar-refractivity contribution in [3.8, 4) is 0 Å². The molecule has 0 aliphatic carbocycles. The van der Waals surface area contributed by atoms with Gasteiger partial charge in [-0.15, -0.1) is 0 Å². The Bertz CT molecular complexity index is 333. The lowest BCUT2D eigenvalue weighted by atomic mass is 9.93. The number of aliphatic carboxylic acids is 1. The molecule has 110 valence electrons. The first-order valence-electron chi connectivity index (χ1n) is 6.75. The highest BCUT2D eigenvalue weighted by Crippen LogP contribution is 2.22. The molecule has 0 spiro atoms. The summed E-state index contributed by atoms with van der Waals surface area (Å²) in [5.74, 6) is -0.765. The van der Waals surface area contributed by atoms with Crippen LogP contribution in [-0.2, 0) is 9.59 Å². The second kappa shape index (κ2) is 6.86. The van der Waals surface area contributed by atoms with Gasteiger partial charge in [0.25, 0.3) is 0 Å². The first-order valence-corrected chi connectivity index (χ1v) is 6.75. The van der Waals surface area contributed by atoms with Crippen molar-refractivity contribution in [3.05, 3.63) is 0 Å². The molecule has 4 N–H and O–H groups in total. The number of nitrogens with two attached hydrogens (primary N) is 1. The molecule has 1 fully saturated rings. The molecule has 0 bridgehead atoms. The molecule has 6 heteroatoms. The molecule has 3 atom stereocenters. The van der Waals surface area contributed by atoms with Gasteiger partial charge in [0.1, 0.15) is 6.04 Å². The van der Waals surface area contributed by atoms with Crippen molar-refractivity contribution < 1.29 is 19.8 Å². The molecular formula is C13H24N2O4. The first kappa shape index (κ1) is 15.9. The van der Waals surface area contributed by atoms with Gasteiger partial charge in [-0.25, -0.2) is 4.79 Å². The number of aliphatic hydroxyl groups excluding tert-OH is 1. The molecule has 1 aliphatic rings. The Kier molecular flexibility index (Phi) is 5.75. The smallest absolute Gasteiger partial charge is 0.326 e. The summed E-state index contributed by atoms with van der Waals surface area (Å²) < 4.78 is 0. The van der Waals surface area contributed by atoms with E-state index in [1.54, 1.807) is 0 Å². The van der Waals surface area contributed by atoms with E-state index in [-0.39, 0.29) is 31.2 Å². The van der Waals surface area contributed by atoms with Crippen LogP contribution in [0.2, 0.25) is 0 Å². The number of carboxylic acid groups (broad SMARTS) is 1. The number of aliphatic hydroxyl groups is 1. The summed E-state index contributed by atoms with van der Waals surface area (Å²) in [6, 6.07) is -0.903. The Hall–Kier alpha value is -1.14. The number of amides is 1. The quantitative estimate of drug-likeness (QED) is 0.633. The fourth-order valence-electron chi connectivity index (χ4n) is 2.62. The Balaban J connectivity index is 2.63. The third kappa shape index (κ3) is 4.47. The molecular weight excluding hydrogens is 248 g/mol. The predicted octanol–water partition coefficient (Wildman–Crippen LogP) is 0.0439. The number of β-amino-alcohol motifs (C(OH)–C–C–N with tert-alkyl or cyclic N) is 1. The molecule has 0 saturated carbocycles. The molecule has 19 heavy (non-hydrogen) atoms. The number of rotatable bonds is 6. The molecule has 1 aliphatic heterocycles. The van der Waals surface area contributed by atoms with Gasteiger partial charge in [0.15, 0.2) is 0 Å². The maximum absolute atomic E-state index is 12.2. The van der Waals surface area contributed by atoms with Crippen LogP contribution in [0.3, 0.4) is 0 Å². The first-order chi connectivity index (χ1) is 8.85. The summed E-state index contributed by atoms with van der Waals surface area (Å²) in [6.45, 7) is 4.65. The van der Waals surface area contributed by atoms with E-state index in [9.17, 15) is 14.7 Å². The Morgan fingerprint density at radius 3 is 2.53 bits per heavy atom. The van der Waals surface area contributed by atoms with Crippen molar-refractivity contribution in [2.24, 2.45) is 17.6 Å². The van der Waals surface area contributed by atoms with Crippen LogP contribution < -0.4 is 5.73 Å².